The maximum atomic E-state index is 11.2. The number of nitrogens with one attached hydrogen (secondary N) is 2. The van der Waals surface area contributed by atoms with E-state index in [1.165, 1.54) is 0 Å². The van der Waals surface area contributed by atoms with Crippen molar-refractivity contribution in [3.63, 3.8) is 0 Å². The smallest absolute Gasteiger partial charge is 0.338 e. The normalized spacial score (nSPS) is 11.8. The van der Waals surface area contributed by atoms with Crippen molar-refractivity contribution in [1.29, 1.82) is 0 Å². The van der Waals surface area contributed by atoms with Crippen molar-refractivity contribution in [3.05, 3.63) is 24.2 Å². The molecule has 0 radical (unpaired) electrons. The lowest BCUT2D eigenvalue weighted by Gasteiger charge is -2.12. The first-order valence-electron chi connectivity index (χ1n) is 5.00. The van der Waals surface area contributed by atoms with Crippen LogP contribution >= 0.6 is 0 Å². The summed E-state index contributed by atoms with van der Waals surface area (Å²) in [5.41, 5.74) is 1.96. The van der Waals surface area contributed by atoms with Gasteiger partial charge in [0.05, 0.1) is 6.26 Å². The SMILES string of the molecule is CC(Cc1ccco1)NC(=O)NOCC(=O)O. The zero-order chi connectivity index (χ0) is 12.7. The van der Waals surface area contributed by atoms with Crippen molar-refractivity contribution in [2.75, 3.05) is 6.61 Å². The number of aliphatic carboxylic acids is 1. The van der Waals surface area contributed by atoms with Gasteiger partial charge in [0.15, 0.2) is 6.61 Å². The summed E-state index contributed by atoms with van der Waals surface area (Å²) in [6.07, 6.45) is 2.09. The van der Waals surface area contributed by atoms with Crippen LogP contribution in [0.4, 0.5) is 4.79 Å². The van der Waals surface area contributed by atoms with Crippen molar-refractivity contribution >= 4 is 12.0 Å². The number of carbonyl (C=O) groups excluding carboxylic acids is 1. The van der Waals surface area contributed by atoms with Crippen LogP contribution in [0.15, 0.2) is 22.8 Å². The summed E-state index contributed by atoms with van der Waals surface area (Å²) >= 11 is 0. The molecule has 0 spiro atoms. The molecule has 0 fully saturated rings. The Labute approximate surface area is 97.7 Å². The molecule has 7 nitrogen and oxygen atoms in total. The van der Waals surface area contributed by atoms with Gasteiger partial charge in [0.2, 0.25) is 0 Å². The van der Waals surface area contributed by atoms with Crippen LogP contribution < -0.4 is 10.8 Å². The summed E-state index contributed by atoms with van der Waals surface area (Å²) in [6.45, 7) is 1.21. The molecule has 1 aromatic rings. The zero-order valence-corrected chi connectivity index (χ0v) is 9.30. The van der Waals surface area contributed by atoms with Crippen molar-refractivity contribution in [3.8, 4) is 0 Å². The highest BCUT2D eigenvalue weighted by Crippen LogP contribution is 2.03. The second-order valence-corrected chi connectivity index (χ2v) is 3.44. The third kappa shape index (κ3) is 5.57. The van der Waals surface area contributed by atoms with Gasteiger partial charge in [0.25, 0.3) is 0 Å². The Balaban J connectivity index is 2.19. The van der Waals surface area contributed by atoms with Gasteiger partial charge in [-0.3, -0.25) is 4.84 Å². The van der Waals surface area contributed by atoms with E-state index in [1.807, 2.05) is 5.48 Å². The van der Waals surface area contributed by atoms with Crippen molar-refractivity contribution < 1.29 is 24.0 Å². The van der Waals surface area contributed by atoms with Gasteiger partial charge in [-0.1, -0.05) is 0 Å². The van der Waals surface area contributed by atoms with Crippen LogP contribution in [0.5, 0.6) is 0 Å². The highest BCUT2D eigenvalue weighted by molar-refractivity contribution is 5.73. The number of carboxylic acids is 1. The number of rotatable bonds is 6. The Morgan fingerprint density at radius 3 is 2.94 bits per heavy atom. The number of carboxylic acid groups (broad SMARTS) is 1. The molecule has 94 valence electrons. The summed E-state index contributed by atoms with van der Waals surface area (Å²) < 4.78 is 5.12. The first-order chi connectivity index (χ1) is 8.08. The highest BCUT2D eigenvalue weighted by Gasteiger charge is 2.09. The summed E-state index contributed by atoms with van der Waals surface area (Å²) in [7, 11) is 0. The van der Waals surface area contributed by atoms with Gasteiger partial charge >= 0.3 is 12.0 Å². The van der Waals surface area contributed by atoms with Gasteiger partial charge in [0.1, 0.15) is 5.76 Å². The largest absolute Gasteiger partial charge is 0.479 e. The van der Waals surface area contributed by atoms with Gasteiger partial charge in [-0.25, -0.2) is 15.1 Å². The number of carbonyl (C=O) groups is 2. The average molecular weight is 242 g/mol. The van der Waals surface area contributed by atoms with Crippen LogP contribution in [0.25, 0.3) is 0 Å². The monoisotopic (exact) mass is 242 g/mol. The van der Waals surface area contributed by atoms with E-state index >= 15 is 0 Å². The van der Waals surface area contributed by atoms with Crippen LogP contribution in [0.2, 0.25) is 0 Å². The maximum Gasteiger partial charge on any atom is 0.338 e. The molecule has 0 bridgehead atoms. The molecule has 1 rings (SSSR count). The molecular formula is C10H14N2O5. The number of hydrogen-bond donors (Lipinski definition) is 3. The molecule has 0 aromatic carbocycles. The second-order valence-electron chi connectivity index (χ2n) is 3.44. The Hall–Kier alpha value is -2.02. The van der Waals surface area contributed by atoms with Gasteiger partial charge < -0.3 is 14.8 Å². The van der Waals surface area contributed by atoms with E-state index in [1.54, 1.807) is 25.3 Å². The fraction of sp³-hybridized carbons (Fsp3) is 0.400. The van der Waals surface area contributed by atoms with E-state index in [2.05, 4.69) is 10.2 Å². The second kappa shape index (κ2) is 6.54. The standard InChI is InChI=1S/C10H14N2O5/c1-7(5-8-3-2-4-16-8)11-10(15)12-17-6-9(13)14/h2-4,7H,5-6H2,1H3,(H,13,14)(H2,11,12,15). The van der Waals surface area contributed by atoms with Gasteiger partial charge in [0, 0.05) is 12.5 Å². The molecule has 2 amide bonds. The van der Waals surface area contributed by atoms with Crippen LogP contribution in [0.3, 0.4) is 0 Å². The summed E-state index contributed by atoms with van der Waals surface area (Å²) in [4.78, 5) is 25.7. The molecule has 0 aliphatic carbocycles. The van der Waals surface area contributed by atoms with Gasteiger partial charge in [-0.2, -0.15) is 0 Å². The van der Waals surface area contributed by atoms with Crippen LogP contribution in [0, 0.1) is 0 Å². The van der Waals surface area contributed by atoms with E-state index in [0.717, 1.165) is 5.76 Å². The summed E-state index contributed by atoms with van der Waals surface area (Å²) in [6, 6.07) is 2.81. The van der Waals surface area contributed by atoms with E-state index in [4.69, 9.17) is 9.52 Å². The van der Waals surface area contributed by atoms with E-state index < -0.39 is 18.6 Å². The molecule has 0 saturated heterocycles. The minimum atomic E-state index is -1.16. The number of urea groups is 1. The minimum Gasteiger partial charge on any atom is -0.479 e. The predicted octanol–water partition coefficient (Wildman–Crippen LogP) is 0.526. The minimum absolute atomic E-state index is 0.158. The average Bonchev–Trinajstić information content (AvgIpc) is 2.69. The molecule has 0 aliphatic rings. The number of amides is 2. The van der Waals surface area contributed by atoms with E-state index in [0.29, 0.717) is 6.42 Å². The molecule has 1 atom stereocenters. The molecule has 1 unspecified atom stereocenters. The van der Waals surface area contributed by atoms with Crippen molar-refractivity contribution in [2.45, 2.75) is 19.4 Å². The fourth-order valence-electron chi connectivity index (χ4n) is 1.20. The number of hydroxylamine groups is 1. The molecule has 7 heteroatoms. The lowest BCUT2D eigenvalue weighted by Crippen LogP contribution is -2.42. The Kier molecular flexibility index (Phi) is 5.02. The Bertz CT molecular complexity index is 363. The van der Waals surface area contributed by atoms with Crippen LogP contribution in [-0.2, 0) is 16.1 Å². The molecule has 0 saturated carbocycles. The summed E-state index contributed by atoms with van der Waals surface area (Å²) in [5, 5.41) is 10.8. The zero-order valence-electron chi connectivity index (χ0n) is 9.30. The molecule has 1 aromatic heterocycles. The highest BCUT2D eigenvalue weighted by atomic mass is 16.7. The lowest BCUT2D eigenvalue weighted by molar-refractivity contribution is -0.144. The Morgan fingerprint density at radius 2 is 2.35 bits per heavy atom. The van der Waals surface area contributed by atoms with E-state index in [9.17, 15) is 9.59 Å². The maximum absolute atomic E-state index is 11.2. The molecular weight excluding hydrogens is 228 g/mol. The quantitative estimate of drug-likeness (QED) is 0.631. The van der Waals surface area contributed by atoms with Gasteiger partial charge in [-0.15, -0.1) is 0 Å². The van der Waals surface area contributed by atoms with Crippen molar-refractivity contribution in [1.82, 2.24) is 10.8 Å². The Morgan fingerprint density at radius 1 is 1.59 bits per heavy atom. The first kappa shape index (κ1) is 13.0. The number of furan rings is 1. The third-order valence-corrected chi connectivity index (χ3v) is 1.83. The van der Waals surface area contributed by atoms with Crippen LogP contribution in [-0.4, -0.2) is 29.8 Å². The first-order valence-corrected chi connectivity index (χ1v) is 5.00. The van der Waals surface area contributed by atoms with Crippen LogP contribution in [0.1, 0.15) is 12.7 Å². The summed E-state index contributed by atoms with van der Waals surface area (Å²) in [5.74, 6) is -0.404. The molecule has 1 heterocycles. The third-order valence-electron chi connectivity index (χ3n) is 1.83. The molecule has 0 aliphatic heterocycles. The van der Waals surface area contributed by atoms with Crippen molar-refractivity contribution in [2.24, 2.45) is 0 Å². The predicted molar refractivity (Wildman–Crippen MR) is 57.1 cm³/mol. The molecule has 3 N–H and O–H groups in total. The molecule has 17 heavy (non-hydrogen) atoms. The van der Waals surface area contributed by atoms with Gasteiger partial charge in [-0.05, 0) is 19.1 Å². The fourth-order valence-corrected chi connectivity index (χ4v) is 1.20. The number of hydrogen-bond acceptors (Lipinski definition) is 4. The topological polar surface area (TPSA) is 101 Å². The lowest BCUT2D eigenvalue weighted by atomic mass is 10.2. The van der Waals surface area contributed by atoms with E-state index in [-0.39, 0.29) is 6.04 Å².